The summed E-state index contributed by atoms with van der Waals surface area (Å²) >= 11 is 0. The number of hydrogen-bond acceptors (Lipinski definition) is 5. The summed E-state index contributed by atoms with van der Waals surface area (Å²) < 4.78 is 0. The molecule has 0 bridgehead atoms. The van der Waals surface area contributed by atoms with E-state index in [0.717, 1.165) is 57.4 Å². The Hall–Kier alpha value is -1.99. The molecule has 2 amide bonds. The molecular weight excluding hydrogens is 342 g/mol. The zero-order valence-corrected chi connectivity index (χ0v) is 16.2. The molecule has 7 nitrogen and oxygen atoms in total. The molecule has 2 aliphatic rings. The third kappa shape index (κ3) is 5.49. The van der Waals surface area contributed by atoms with Crippen LogP contribution in [0.4, 0.5) is 0 Å². The fourth-order valence-corrected chi connectivity index (χ4v) is 4.13. The second-order valence-electron chi connectivity index (χ2n) is 7.56. The zero-order valence-electron chi connectivity index (χ0n) is 16.2. The third-order valence-electron chi connectivity index (χ3n) is 5.67. The molecule has 0 aromatic carbocycles. The minimum atomic E-state index is 0.0550. The molecule has 27 heavy (non-hydrogen) atoms. The number of nitrogens with one attached hydrogen (secondary N) is 2. The Kier molecular flexibility index (Phi) is 7.18. The molecule has 0 unspecified atom stereocenters. The van der Waals surface area contributed by atoms with E-state index in [1.165, 1.54) is 0 Å². The normalized spacial score (nSPS) is 21.8. The molecule has 0 radical (unpaired) electrons. The van der Waals surface area contributed by atoms with Crippen molar-refractivity contribution in [2.75, 3.05) is 39.8 Å². The van der Waals surface area contributed by atoms with Gasteiger partial charge in [0.25, 0.3) is 0 Å². The first kappa shape index (κ1) is 19.8. The number of likely N-dealkylation sites (N-methyl/N-ethyl adjacent to an activating group) is 1. The lowest BCUT2D eigenvalue weighted by atomic mass is 9.93. The van der Waals surface area contributed by atoms with Gasteiger partial charge in [-0.2, -0.15) is 0 Å². The predicted molar refractivity (Wildman–Crippen MR) is 104 cm³/mol. The van der Waals surface area contributed by atoms with Crippen molar-refractivity contribution in [1.82, 2.24) is 25.4 Å². The highest BCUT2D eigenvalue weighted by Crippen LogP contribution is 2.24. The van der Waals surface area contributed by atoms with Crippen molar-refractivity contribution in [3.63, 3.8) is 0 Å². The number of nitrogens with zero attached hydrogens (tertiary/aromatic N) is 3. The molecule has 0 saturated carbocycles. The number of carbonyl (C=O) groups is 2. The molecule has 3 heterocycles. The first-order valence-corrected chi connectivity index (χ1v) is 10.0. The number of pyridine rings is 1. The van der Waals surface area contributed by atoms with E-state index in [1.807, 2.05) is 17.0 Å². The standard InChI is InChI=1S/C20H31N5O2/c1-21-14-19(26)24-10-6-18(7-11-24)25-9-3-5-17(15-25)20(27)23-13-16-4-2-8-22-12-16/h2,4,8,12,17-18,21H,3,5-7,9-11,13-15H2,1H3,(H,23,27)/t17-/m0/s1. The van der Waals surface area contributed by atoms with E-state index < -0.39 is 0 Å². The molecule has 2 N–H and O–H groups in total. The molecule has 1 aromatic rings. The first-order valence-electron chi connectivity index (χ1n) is 10.0. The van der Waals surface area contributed by atoms with E-state index >= 15 is 0 Å². The van der Waals surface area contributed by atoms with Gasteiger partial charge in [0.15, 0.2) is 0 Å². The molecule has 2 saturated heterocycles. The Bertz CT molecular complexity index is 616. The van der Waals surface area contributed by atoms with Crippen molar-refractivity contribution in [1.29, 1.82) is 0 Å². The van der Waals surface area contributed by atoms with Gasteiger partial charge in [0.1, 0.15) is 0 Å². The van der Waals surface area contributed by atoms with Crippen LogP contribution in [0.5, 0.6) is 0 Å². The number of rotatable bonds is 6. The fourth-order valence-electron chi connectivity index (χ4n) is 4.13. The fraction of sp³-hybridized carbons (Fsp3) is 0.650. The van der Waals surface area contributed by atoms with E-state index in [1.54, 1.807) is 19.4 Å². The average molecular weight is 374 g/mol. The van der Waals surface area contributed by atoms with Gasteiger partial charge < -0.3 is 15.5 Å². The quantitative estimate of drug-likeness (QED) is 0.764. The summed E-state index contributed by atoms with van der Waals surface area (Å²) in [6, 6.07) is 4.35. The number of carbonyl (C=O) groups excluding carboxylic acids is 2. The number of piperidine rings is 2. The highest BCUT2D eigenvalue weighted by molar-refractivity contribution is 5.79. The van der Waals surface area contributed by atoms with E-state index in [0.29, 0.717) is 19.1 Å². The van der Waals surface area contributed by atoms with Crippen LogP contribution in [-0.2, 0) is 16.1 Å². The van der Waals surface area contributed by atoms with E-state index in [9.17, 15) is 9.59 Å². The lowest BCUT2D eigenvalue weighted by Crippen LogP contribution is -2.52. The third-order valence-corrected chi connectivity index (χ3v) is 5.67. The molecule has 3 rings (SSSR count). The molecule has 2 fully saturated rings. The summed E-state index contributed by atoms with van der Waals surface area (Å²) in [5.41, 5.74) is 1.03. The van der Waals surface area contributed by atoms with Crippen LogP contribution in [0.25, 0.3) is 0 Å². The van der Waals surface area contributed by atoms with Crippen LogP contribution in [-0.4, -0.2) is 72.4 Å². The molecular formula is C20H31N5O2. The summed E-state index contributed by atoms with van der Waals surface area (Å²) in [7, 11) is 1.80. The van der Waals surface area contributed by atoms with Crippen LogP contribution in [0, 0.1) is 5.92 Å². The van der Waals surface area contributed by atoms with Gasteiger partial charge in [-0.25, -0.2) is 0 Å². The molecule has 1 aromatic heterocycles. The monoisotopic (exact) mass is 373 g/mol. The maximum Gasteiger partial charge on any atom is 0.236 e. The van der Waals surface area contributed by atoms with Crippen molar-refractivity contribution in [2.45, 2.75) is 38.3 Å². The predicted octanol–water partition coefficient (Wildman–Crippen LogP) is 0.620. The van der Waals surface area contributed by atoms with Crippen molar-refractivity contribution < 1.29 is 9.59 Å². The summed E-state index contributed by atoms with van der Waals surface area (Å²) in [5.74, 6) is 0.381. The minimum absolute atomic E-state index is 0.0550. The highest BCUT2D eigenvalue weighted by Gasteiger charge is 2.32. The zero-order chi connectivity index (χ0) is 19.1. The van der Waals surface area contributed by atoms with Crippen LogP contribution in [0.3, 0.4) is 0 Å². The van der Waals surface area contributed by atoms with Crippen LogP contribution in [0.15, 0.2) is 24.5 Å². The summed E-state index contributed by atoms with van der Waals surface area (Å²) in [6.07, 6.45) is 7.54. The molecule has 2 aliphatic heterocycles. The first-order chi connectivity index (χ1) is 13.2. The Balaban J connectivity index is 1.45. The average Bonchev–Trinajstić information content (AvgIpc) is 2.73. The smallest absolute Gasteiger partial charge is 0.236 e. The number of hydrogen-bond donors (Lipinski definition) is 2. The van der Waals surface area contributed by atoms with Gasteiger partial charge in [-0.05, 0) is 50.9 Å². The largest absolute Gasteiger partial charge is 0.352 e. The van der Waals surface area contributed by atoms with E-state index in [2.05, 4.69) is 20.5 Å². The molecule has 0 spiro atoms. The van der Waals surface area contributed by atoms with Gasteiger partial charge in [0.2, 0.25) is 11.8 Å². The van der Waals surface area contributed by atoms with Crippen LogP contribution < -0.4 is 10.6 Å². The maximum absolute atomic E-state index is 12.6. The SMILES string of the molecule is CNCC(=O)N1CCC(N2CCC[C@H](C(=O)NCc3cccnc3)C2)CC1. The lowest BCUT2D eigenvalue weighted by Gasteiger charge is -2.42. The van der Waals surface area contributed by atoms with Gasteiger partial charge >= 0.3 is 0 Å². The van der Waals surface area contributed by atoms with Crippen molar-refractivity contribution >= 4 is 11.8 Å². The number of amides is 2. The van der Waals surface area contributed by atoms with Gasteiger partial charge in [-0.1, -0.05) is 6.07 Å². The minimum Gasteiger partial charge on any atom is -0.352 e. The summed E-state index contributed by atoms with van der Waals surface area (Å²) in [4.78, 5) is 33.1. The number of likely N-dealkylation sites (tertiary alicyclic amines) is 2. The molecule has 0 aliphatic carbocycles. The van der Waals surface area contributed by atoms with Crippen LogP contribution in [0.1, 0.15) is 31.2 Å². The second kappa shape index (κ2) is 9.80. The molecule has 1 atom stereocenters. The van der Waals surface area contributed by atoms with Crippen LogP contribution in [0.2, 0.25) is 0 Å². The maximum atomic E-state index is 12.6. The van der Waals surface area contributed by atoms with Gasteiger partial charge in [-0.3, -0.25) is 19.5 Å². The highest BCUT2D eigenvalue weighted by atomic mass is 16.2. The number of aromatic nitrogens is 1. The Labute approximate surface area is 161 Å². The van der Waals surface area contributed by atoms with Gasteiger partial charge in [0, 0.05) is 44.6 Å². The summed E-state index contributed by atoms with van der Waals surface area (Å²) in [6.45, 7) is 4.47. The topological polar surface area (TPSA) is 77.6 Å². The lowest BCUT2D eigenvalue weighted by molar-refractivity contribution is -0.131. The van der Waals surface area contributed by atoms with Crippen LogP contribution >= 0.6 is 0 Å². The Morgan fingerprint density at radius 3 is 2.74 bits per heavy atom. The van der Waals surface area contributed by atoms with Crippen molar-refractivity contribution in [3.05, 3.63) is 30.1 Å². The van der Waals surface area contributed by atoms with Crippen molar-refractivity contribution in [3.8, 4) is 0 Å². The van der Waals surface area contributed by atoms with Crippen molar-refractivity contribution in [2.24, 2.45) is 5.92 Å². The Morgan fingerprint density at radius 2 is 2.04 bits per heavy atom. The molecule has 7 heteroatoms. The molecule has 148 valence electrons. The Morgan fingerprint density at radius 1 is 1.22 bits per heavy atom. The van der Waals surface area contributed by atoms with E-state index in [4.69, 9.17) is 0 Å². The summed E-state index contributed by atoms with van der Waals surface area (Å²) in [5, 5.41) is 5.99. The van der Waals surface area contributed by atoms with E-state index in [-0.39, 0.29) is 17.7 Å². The second-order valence-corrected chi connectivity index (χ2v) is 7.56. The van der Waals surface area contributed by atoms with Gasteiger partial charge in [-0.15, -0.1) is 0 Å². The van der Waals surface area contributed by atoms with Gasteiger partial charge in [0.05, 0.1) is 12.5 Å².